The summed E-state index contributed by atoms with van der Waals surface area (Å²) < 4.78 is 0. The Morgan fingerprint density at radius 3 is 2.12 bits per heavy atom. The van der Waals surface area contributed by atoms with Gasteiger partial charge in [0.25, 0.3) is 0 Å². The monoisotopic (exact) mass is 237 g/mol. The van der Waals surface area contributed by atoms with E-state index >= 15 is 0 Å². The van der Waals surface area contributed by atoms with Gasteiger partial charge < -0.3 is 0 Å². The van der Waals surface area contributed by atoms with E-state index in [4.69, 9.17) is 0 Å². The number of hydrogen-bond donors (Lipinski definition) is 0. The van der Waals surface area contributed by atoms with Crippen molar-refractivity contribution in [1.82, 2.24) is 0 Å². The zero-order valence-corrected chi connectivity index (χ0v) is 12.7. The Hall–Kier alpha value is -0.226. The summed E-state index contributed by atoms with van der Waals surface area (Å²) >= 11 is 0. The van der Waals surface area contributed by atoms with Crippen molar-refractivity contribution in [3.05, 3.63) is 47.6 Å². The molecule has 0 N–H and O–H groups in total. The van der Waals surface area contributed by atoms with Gasteiger partial charge in [0, 0.05) is 28.4 Å². The van der Waals surface area contributed by atoms with Crippen molar-refractivity contribution in [2.45, 2.75) is 38.3 Å². The molecule has 0 nitrogen and oxygen atoms in total. The predicted molar refractivity (Wildman–Crippen MR) is 81.4 cm³/mol. The molecular weight excluding hydrogens is 215 g/mol. The molecule has 0 heterocycles. The van der Waals surface area contributed by atoms with Crippen molar-refractivity contribution in [2.75, 3.05) is 0 Å². The molecule has 0 saturated heterocycles. The summed E-state index contributed by atoms with van der Waals surface area (Å²) in [5.41, 5.74) is 3.33. The molecule has 2 heteroatoms. The van der Waals surface area contributed by atoms with Gasteiger partial charge in [-0.25, -0.2) is 0 Å². The fraction of sp³-hybridized carbons (Fsp3) is 0.467. The Bertz CT molecular complexity index is 320. The number of rotatable bonds is 6. The second-order valence-electron chi connectivity index (χ2n) is 4.80. The van der Waals surface area contributed by atoms with E-state index in [1.54, 1.807) is 11.1 Å². The van der Waals surface area contributed by atoms with Crippen molar-refractivity contribution in [3.63, 3.8) is 0 Å². The smallest absolute Gasteiger partial charge is 0.0208 e. The standard InChI is InChI=1S/C15H22Si.Li/c1-2-11-16-12-15(13-7-3-4-8-13)14-9-5-6-10-14;/h3-7,9,15H,2,8,10-12,16H2,1H3;. The molecule has 0 unspecified atom stereocenters. The maximum absolute atomic E-state index is 2.35. The normalized spacial score (nSPS) is 18.0. The van der Waals surface area contributed by atoms with Crippen LogP contribution < -0.4 is 0 Å². The molecule has 0 aliphatic heterocycles. The van der Waals surface area contributed by atoms with E-state index in [1.807, 2.05) is 0 Å². The van der Waals surface area contributed by atoms with Gasteiger partial charge >= 0.3 is 0 Å². The van der Waals surface area contributed by atoms with Gasteiger partial charge in [-0.3, -0.25) is 0 Å². The minimum atomic E-state index is 0. The molecule has 0 saturated carbocycles. The average Bonchev–Trinajstić information content (AvgIpc) is 2.97. The van der Waals surface area contributed by atoms with Crippen molar-refractivity contribution in [2.24, 2.45) is 5.92 Å². The Morgan fingerprint density at radius 2 is 1.71 bits per heavy atom. The van der Waals surface area contributed by atoms with Gasteiger partial charge in [0.15, 0.2) is 0 Å². The van der Waals surface area contributed by atoms with Crippen LogP contribution in [0.15, 0.2) is 47.6 Å². The third kappa shape index (κ3) is 4.17. The van der Waals surface area contributed by atoms with Gasteiger partial charge in [0.2, 0.25) is 0 Å². The summed E-state index contributed by atoms with van der Waals surface area (Å²) in [5.74, 6) is 0.781. The Kier molecular flexibility index (Phi) is 6.96. The van der Waals surface area contributed by atoms with Crippen molar-refractivity contribution in [3.8, 4) is 0 Å². The maximum Gasteiger partial charge on any atom is 0.0208 e. The molecule has 0 amide bonds. The van der Waals surface area contributed by atoms with Gasteiger partial charge in [0.05, 0.1) is 0 Å². The molecule has 0 aromatic rings. The Labute approximate surface area is 120 Å². The molecule has 2 aliphatic rings. The van der Waals surface area contributed by atoms with E-state index in [-0.39, 0.29) is 28.4 Å². The van der Waals surface area contributed by atoms with Gasteiger partial charge in [-0.05, 0) is 18.8 Å². The van der Waals surface area contributed by atoms with E-state index < -0.39 is 0 Å². The molecule has 0 aromatic carbocycles. The minimum Gasteiger partial charge on any atom is -0.0804 e. The first kappa shape index (κ1) is 14.8. The van der Waals surface area contributed by atoms with E-state index in [9.17, 15) is 0 Å². The quantitative estimate of drug-likeness (QED) is 0.490. The first-order valence-electron chi connectivity index (χ1n) is 6.63. The first-order chi connectivity index (χ1) is 7.92. The zero-order valence-electron chi connectivity index (χ0n) is 11.3. The third-order valence-electron chi connectivity index (χ3n) is 3.59. The van der Waals surface area contributed by atoms with Crippen LogP contribution in [0, 0.1) is 5.92 Å². The SMILES string of the molecule is CCC[SiH2]CC(C1=CC=CC1)C1=CC=CC1.[Li]. The summed E-state index contributed by atoms with van der Waals surface area (Å²) in [6, 6.07) is 2.99. The van der Waals surface area contributed by atoms with Crippen LogP contribution in [-0.2, 0) is 0 Å². The van der Waals surface area contributed by atoms with E-state index in [2.05, 4.69) is 43.4 Å². The van der Waals surface area contributed by atoms with Crippen molar-refractivity contribution < 1.29 is 0 Å². The second kappa shape index (κ2) is 7.98. The zero-order chi connectivity index (χ0) is 11.2. The fourth-order valence-corrected chi connectivity index (χ4v) is 4.59. The molecule has 2 aliphatic carbocycles. The van der Waals surface area contributed by atoms with Crippen molar-refractivity contribution >= 4 is 28.4 Å². The van der Waals surface area contributed by atoms with Crippen LogP contribution in [0.25, 0.3) is 0 Å². The van der Waals surface area contributed by atoms with Gasteiger partial charge in [-0.2, -0.15) is 0 Å². The van der Waals surface area contributed by atoms with Crippen LogP contribution in [0.3, 0.4) is 0 Å². The molecule has 0 fully saturated rings. The number of allylic oxidation sites excluding steroid dienone is 8. The van der Waals surface area contributed by atoms with Gasteiger partial charge in [0.1, 0.15) is 0 Å². The first-order valence-corrected chi connectivity index (χ1v) is 8.63. The van der Waals surface area contributed by atoms with E-state index in [0.29, 0.717) is 0 Å². The van der Waals surface area contributed by atoms with Crippen LogP contribution in [0.1, 0.15) is 26.2 Å². The van der Waals surface area contributed by atoms with Crippen LogP contribution in [-0.4, -0.2) is 28.4 Å². The van der Waals surface area contributed by atoms with Crippen molar-refractivity contribution in [1.29, 1.82) is 0 Å². The largest absolute Gasteiger partial charge is 0.0804 e. The summed E-state index contributed by atoms with van der Waals surface area (Å²) in [5, 5.41) is 0. The Balaban J connectivity index is 0.00000144. The van der Waals surface area contributed by atoms with E-state index in [0.717, 1.165) is 5.92 Å². The summed E-state index contributed by atoms with van der Waals surface area (Å²) in [4.78, 5) is 0. The summed E-state index contributed by atoms with van der Waals surface area (Å²) in [7, 11) is 0.159. The minimum absolute atomic E-state index is 0. The summed E-state index contributed by atoms with van der Waals surface area (Å²) in [6.07, 6.45) is 17.5. The van der Waals surface area contributed by atoms with Crippen LogP contribution in [0.5, 0.6) is 0 Å². The molecule has 0 atom stereocenters. The fourth-order valence-electron chi connectivity index (χ4n) is 2.65. The molecule has 0 spiro atoms. The molecule has 1 radical (unpaired) electrons. The number of hydrogen-bond acceptors (Lipinski definition) is 0. The molecule has 2 rings (SSSR count). The van der Waals surface area contributed by atoms with Crippen LogP contribution in [0.2, 0.25) is 12.1 Å². The molecule has 0 bridgehead atoms. The Morgan fingerprint density at radius 1 is 1.12 bits per heavy atom. The molecule has 17 heavy (non-hydrogen) atoms. The predicted octanol–water partition coefficient (Wildman–Crippen LogP) is 3.41. The molecule has 87 valence electrons. The third-order valence-corrected chi connectivity index (χ3v) is 5.78. The summed E-state index contributed by atoms with van der Waals surface area (Å²) in [6.45, 7) is 2.31. The van der Waals surface area contributed by atoms with Crippen LogP contribution in [0.4, 0.5) is 0 Å². The average molecular weight is 237 g/mol. The second-order valence-corrected chi connectivity index (χ2v) is 6.79. The van der Waals surface area contributed by atoms with E-state index in [1.165, 1.54) is 31.4 Å². The maximum atomic E-state index is 2.35. The van der Waals surface area contributed by atoms with Gasteiger partial charge in [-0.15, -0.1) is 0 Å². The van der Waals surface area contributed by atoms with Crippen LogP contribution >= 0.6 is 0 Å². The molecule has 0 aromatic heterocycles. The van der Waals surface area contributed by atoms with Gasteiger partial charge in [-0.1, -0.05) is 73.0 Å². The molecular formula is C15H22LiSi. The topological polar surface area (TPSA) is 0 Å².